The third kappa shape index (κ3) is 4.23. The van der Waals surface area contributed by atoms with Crippen molar-refractivity contribution in [1.29, 1.82) is 0 Å². The summed E-state index contributed by atoms with van der Waals surface area (Å²) in [4.78, 5) is 24.3. The third-order valence-corrected chi connectivity index (χ3v) is 4.09. The van der Waals surface area contributed by atoms with Gasteiger partial charge >= 0.3 is 0 Å². The highest BCUT2D eigenvalue weighted by atomic mass is 16.3. The average molecular weight is 345 g/mol. The molecule has 0 aliphatic heterocycles. The number of hydrogen-bond donors (Lipinski definition) is 2. The minimum absolute atomic E-state index is 0.231. The third-order valence-electron chi connectivity index (χ3n) is 4.09. The number of benzene rings is 3. The van der Waals surface area contributed by atoms with Crippen LogP contribution in [0, 0.1) is 0 Å². The van der Waals surface area contributed by atoms with E-state index in [4.69, 9.17) is 5.11 Å². The van der Waals surface area contributed by atoms with Gasteiger partial charge in [0.2, 0.25) is 0 Å². The van der Waals surface area contributed by atoms with Crippen LogP contribution in [0.4, 0.5) is 5.69 Å². The summed E-state index contributed by atoms with van der Waals surface area (Å²) in [5.74, 6) is -0.615. The number of nitrogens with one attached hydrogen (secondary N) is 1. The van der Waals surface area contributed by atoms with Gasteiger partial charge in [-0.1, -0.05) is 60.7 Å². The van der Waals surface area contributed by atoms with Gasteiger partial charge in [-0.05, 0) is 35.7 Å². The average Bonchev–Trinajstić information content (AvgIpc) is 2.68. The first-order valence-corrected chi connectivity index (χ1v) is 8.34. The fourth-order valence-electron chi connectivity index (χ4n) is 2.77. The van der Waals surface area contributed by atoms with Gasteiger partial charge in [0.15, 0.2) is 5.78 Å². The van der Waals surface area contributed by atoms with Gasteiger partial charge in [-0.2, -0.15) is 0 Å². The van der Waals surface area contributed by atoms with Crippen molar-refractivity contribution in [2.45, 2.75) is 6.42 Å². The SMILES string of the molecule is O=C(CO)c1cccc(NC(=O)c2ccccc2Cc2ccccc2)c1. The van der Waals surface area contributed by atoms with Crippen molar-refractivity contribution < 1.29 is 14.7 Å². The lowest BCUT2D eigenvalue weighted by molar-refractivity contribution is 0.0903. The zero-order valence-electron chi connectivity index (χ0n) is 14.2. The Hall–Kier alpha value is -3.24. The van der Waals surface area contributed by atoms with Gasteiger partial charge in [-0.25, -0.2) is 0 Å². The molecule has 0 spiro atoms. The van der Waals surface area contributed by atoms with Crippen LogP contribution in [0.1, 0.15) is 31.8 Å². The van der Waals surface area contributed by atoms with Gasteiger partial charge in [0.05, 0.1) is 0 Å². The largest absolute Gasteiger partial charge is 0.388 e. The quantitative estimate of drug-likeness (QED) is 0.670. The standard InChI is InChI=1S/C22H19NO3/c24-15-21(25)18-10-6-11-19(14-18)23-22(26)20-12-5-4-9-17(20)13-16-7-2-1-3-8-16/h1-12,14,24H,13,15H2,(H,23,26). The minimum atomic E-state index is -0.558. The number of amides is 1. The Morgan fingerprint density at radius 3 is 2.35 bits per heavy atom. The first kappa shape index (κ1) is 17.6. The Balaban J connectivity index is 1.81. The summed E-state index contributed by atoms with van der Waals surface area (Å²) >= 11 is 0. The second kappa shape index (κ2) is 8.23. The maximum Gasteiger partial charge on any atom is 0.255 e. The fourth-order valence-corrected chi connectivity index (χ4v) is 2.77. The lowest BCUT2D eigenvalue weighted by atomic mass is 9.99. The molecule has 0 saturated carbocycles. The Labute approximate surface area is 152 Å². The highest BCUT2D eigenvalue weighted by Crippen LogP contribution is 2.17. The van der Waals surface area contributed by atoms with Crippen LogP contribution < -0.4 is 5.32 Å². The molecule has 0 radical (unpaired) electrons. The van der Waals surface area contributed by atoms with E-state index in [1.807, 2.05) is 48.5 Å². The molecular weight excluding hydrogens is 326 g/mol. The Kier molecular flexibility index (Phi) is 5.56. The van der Waals surface area contributed by atoms with E-state index in [1.165, 1.54) is 0 Å². The van der Waals surface area contributed by atoms with Gasteiger partial charge in [0.25, 0.3) is 5.91 Å². The predicted octanol–water partition coefficient (Wildman–Crippen LogP) is 3.70. The molecule has 26 heavy (non-hydrogen) atoms. The summed E-state index contributed by atoms with van der Waals surface area (Å²) in [7, 11) is 0. The van der Waals surface area contributed by atoms with Crippen molar-refractivity contribution in [3.8, 4) is 0 Å². The topological polar surface area (TPSA) is 66.4 Å². The zero-order valence-corrected chi connectivity index (χ0v) is 14.2. The molecule has 0 bridgehead atoms. The molecule has 0 heterocycles. The summed E-state index contributed by atoms with van der Waals surface area (Å²) in [6.45, 7) is -0.558. The van der Waals surface area contributed by atoms with Crippen molar-refractivity contribution in [3.05, 3.63) is 101 Å². The van der Waals surface area contributed by atoms with E-state index in [0.29, 0.717) is 23.2 Å². The Morgan fingerprint density at radius 2 is 1.58 bits per heavy atom. The number of aliphatic hydroxyl groups excluding tert-OH is 1. The summed E-state index contributed by atoms with van der Waals surface area (Å²) in [6.07, 6.45) is 0.660. The smallest absolute Gasteiger partial charge is 0.255 e. The minimum Gasteiger partial charge on any atom is -0.388 e. The van der Waals surface area contributed by atoms with E-state index in [2.05, 4.69) is 5.32 Å². The molecule has 0 aromatic heterocycles. The number of aliphatic hydroxyl groups is 1. The molecule has 0 fully saturated rings. The number of carbonyl (C=O) groups is 2. The van der Waals surface area contributed by atoms with Crippen LogP contribution >= 0.6 is 0 Å². The number of anilines is 1. The monoisotopic (exact) mass is 345 g/mol. The van der Waals surface area contributed by atoms with Crippen molar-refractivity contribution >= 4 is 17.4 Å². The number of carbonyl (C=O) groups excluding carboxylic acids is 2. The zero-order chi connectivity index (χ0) is 18.4. The molecule has 3 aromatic rings. The highest BCUT2D eigenvalue weighted by molar-refractivity contribution is 6.06. The summed E-state index contributed by atoms with van der Waals surface area (Å²) < 4.78 is 0. The van der Waals surface area contributed by atoms with Crippen LogP contribution in [0.15, 0.2) is 78.9 Å². The Morgan fingerprint density at radius 1 is 0.846 bits per heavy atom. The fraction of sp³-hybridized carbons (Fsp3) is 0.0909. The molecule has 4 nitrogen and oxygen atoms in total. The van der Waals surface area contributed by atoms with E-state index in [0.717, 1.165) is 11.1 Å². The van der Waals surface area contributed by atoms with E-state index in [1.54, 1.807) is 30.3 Å². The van der Waals surface area contributed by atoms with Crippen molar-refractivity contribution in [1.82, 2.24) is 0 Å². The van der Waals surface area contributed by atoms with Crippen molar-refractivity contribution in [3.63, 3.8) is 0 Å². The molecule has 3 aromatic carbocycles. The van der Waals surface area contributed by atoms with E-state index in [9.17, 15) is 9.59 Å². The van der Waals surface area contributed by atoms with Gasteiger partial charge in [-0.15, -0.1) is 0 Å². The van der Waals surface area contributed by atoms with Gasteiger partial charge in [-0.3, -0.25) is 9.59 Å². The van der Waals surface area contributed by atoms with Crippen LogP contribution in [-0.2, 0) is 6.42 Å². The first-order chi connectivity index (χ1) is 12.7. The molecule has 0 atom stereocenters. The van der Waals surface area contributed by atoms with Gasteiger partial charge in [0, 0.05) is 16.8 Å². The van der Waals surface area contributed by atoms with Gasteiger partial charge < -0.3 is 10.4 Å². The van der Waals surface area contributed by atoms with Crippen LogP contribution in [0.2, 0.25) is 0 Å². The lowest BCUT2D eigenvalue weighted by Crippen LogP contribution is -2.15. The normalized spacial score (nSPS) is 10.3. The molecule has 4 heteroatoms. The second-order valence-corrected chi connectivity index (χ2v) is 5.94. The molecule has 130 valence electrons. The number of hydrogen-bond acceptors (Lipinski definition) is 3. The number of rotatable bonds is 6. The molecule has 2 N–H and O–H groups in total. The molecule has 0 aliphatic carbocycles. The number of Topliss-reactive ketones (excluding diaryl/α,β-unsaturated/α-hetero) is 1. The second-order valence-electron chi connectivity index (χ2n) is 5.94. The predicted molar refractivity (Wildman–Crippen MR) is 102 cm³/mol. The molecule has 0 aliphatic rings. The number of ketones is 1. The van der Waals surface area contributed by atoms with E-state index < -0.39 is 6.61 Å². The van der Waals surface area contributed by atoms with E-state index in [-0.39, 0.29) is 11.7 Å². The van der Waals surface area contributed by atoms with Crippen LogP contribution in [0.25, 0.3) is 0 Å². The van der Waals surface area contributed by atoms with Crippen molar-refractivity contribution in [2.75, 3.05) is 11.9 Å². The molecule has 1 amide bonds. The van der Waals surface area contributed by atoms with Crippen LogP contribution in [0.3, 0.4) is 0 Å². The van der Waals surface area contributed by atoms with Crippen LogP contribution in [0.5, 0.6) is 0 Å². The lowest BCUT2D eigenvalue weighted by Gasteiger charge is -2.11. The molecule has 3 rings (SSSR count). The maximum atomic E-state index is 12.7. The summed E-state index contributed by atoms with van der Waals surface area (Å²) in [6, 6.07) is 24.0. The summed E-state index contributed by atoms with van der Waals surface area (Å²) in [5.41, 5.74) is 3.53. The van der Waals surface area contributed by atoms with Crippen molar-refractivity contribution in [2.24, 2.45) is 0 Å². The maximum absolute atomic E-state index is 12.7. The molecule has 0 saturated heterocycles. The van der Waals surface area contributed by atoms with E-state index >= 15 is 0 Å². The highest BCUT2D eigenvalue weighted by Gasteiger charge is 2.12. The van der Waals surface area contributed by atoms with Crippen LogP contribution in [-0.4, -0.2) is 23.4 Å². The first-order valence-electron chi connectivity index (χ1n) is 8.34. The van der Waals surface area contributed by atoms with Gasteiger partial charge in [0.1, 0.15) is 6.61 Å². The molecular formula is C22H19NO3. The summed E-state index contributed by atoms with van der Waals surface area (Å²) in [5, 5.41) is 11.8. The molecule has 0 unspecified atom stereocenters. The Bertz CT molecular complexity index is 919.